The van der Waals surface area contributed by atoms with E-state index < -0.39 is 0 Å². The Morgan fingerprint density at radius 3 is 2.62 bits per heavy atom. The van der Waals surface area contributed by atoms with Crippen LogP contribution in [0.4, 0.5) is 5.69 Å². The molecule has 0 fully saturated rings. The first-order valence-corrected chi connectivity index (χ1v) is 11.2. The molecule has 3 aliphatic rings. The van der Waals surface area contributed by atoms with Crippen LogP contribution in [0.5, 0.6) is 11.5 Å². The number of rotatable bonds is 2. The van der Waals surface area contributed by atoms with Crippen LogP contribution in [0.25, 0.3) is 0 Å². The Morgan fingerprint density at radius 2 is 1.84 bits per heavy atom. The number of benzene rings is 2. The molecular weight excluding hydrogens is 406 g/mol. The maximum atomic E-state index is 13.5. The minimum Gasteiger partial charge on any atom is -0.490 e. The highest BCUT2D eigenvalue weighted by atomic mass is 16.5. The van der Waals surface area contributed by atoms with Gasteiger partial charge >= 0.3 is 0 Å². The van der Waals surface area contributed by atoms with E-state index in [0.717, 1.165) is 35.5 Å². The molecule has 7 nitrogen and oxygen atoms in total. The maximum Gasteiger partial charge on any atom is 0.270 e. The largest absolute Gasteiger partial charge is 0.490 e. The van der Waals surface area contributed by atoms with Gasteiger partial charge in [-0.1, -0.05) is 12.1 Å². The Bertz CT molecular complexity index is 1110. The lowest BCUT2D eigenvalue weighted by molar-refractivity contribution is -0.126. The average molecular weight is 434 g/mol. The summed E-state index contributed by atoms with van der Waals surface area (Å²) in [7, 11) is 0. The van der Waals surface area contributed by atoms with Gasteiger partial charge in [-0.3, -0.25) is 9.59 Å². The summed E-state index contributed by atoms with van der Waals surface area (Å²) in [5.41, 5.74) is 4.42. The molecule has 0 aromatic heterocycles. The molecule has 0 saturated carbocycles. The molecule has 0 aliphatic carbocycles. The van der Waals surface area contributed by atoms with Crippen molar-refractivity contribution in [2.24, 2.45) is 5.10 Å². The number of hydrogen-bond acceptors (Lipinski definition) is 5. The first-order valence-electron chi connectivity index (χ1n) is 11.2. The van der Waals surface area contributed by atoms with Crippen LogP contribution in [0.3, 0.4) is 0 Å². The molecule has 3 aliphatic heterocycles. The summed E-state index contributed by atoms with van der Waals surface area (Å²) in [6.07, 6.45) is 2.23. The molecule has 0 bridgehead atoms. The maximum absolute atomic E-state index is 13.5. The van der Waals surface area contributed by atoms with Crippen LogP contribution in [-0.4, -0.2) is 42.2 Å². The normalized spacial score (nSPS) is 20.4. The number of fused-ring (bicyclic) bond motifs is 2. The summed E-state index contributed by atoms with van der Waals surface area (Å²) in [6, 6.07) is 11.6. The van der Waals surface area contributed by atoms with Crippen LogP contribution in [0.15, 0.2) is 41.5 Å². The molecule has 0 N–H and O–H groups in total. The topological polar surface area (TPSA) is 71.4 Å². The highest BCUT2D eigenvalue weighted by Gasteiger charge is 2.34. The van der Waals surface area contributed by atoms with Crippen molar-refractivity contribution in [2.75, 3.05) is 24.8 Å². The molecular formula is C25H27N3O4. The van der Waals surface area contributed by atoms with Gasteiger partial charge in [-0.25, -0.2) is 5.01 Å². The fourth-order valence-corrected chi connectivity index (χ4v) is 4.59. The molecule has 0 radical (unpaired) electrons. The number of carbonyl (C=O) groups excluding carboxylic acids is 2. The Kier molecular flexibility index (Phi) is 5.33. The van der Waals surface area contributed by atoms with Crippen LogP contribution in [0, 0.1) is 6.92 Å². The molecule has 32 heavy (non-hydrogen) atoms. The van der Waals surface area contributed by atoms with Crippen molar-refractivity contribution < 1.29 is 19.1 Å². The highest BCUT2D eigenvalue weighted by molar-refractivity contribution is 6.40. The van der Waals surface area contributed by atoms with E-state index in [9.17, 15) is 9.59 Å². The summed E-state index contributed by atoms with van der Waals surface area (Å²) in [5, 5.41) is 5.86. The third-order valence-corrected chi connectivity index (χ3v) is 6.34. The Labute approximate surface area is 187 Å². The first kappa shape index (κ1) is 20.5. The van der Waals surface area contributed by atoms with Gasteiger partial charge in [0, 0.05) is 25.8 Å². The zero-order valence-electron chi connectivity index (χ0n) is 18.5. The molecule has 3 heterocycles. The molecule has 2 amide bonds. The van der Waals surface area contributed by atoms with Crippen LogP contribution >= 0.6 is 0 Å². The van der Waals surface area contributed by atoms with E-state index in [0.29, 0.717) is 37.6 Å². The van der Waals surface area contributed by atoms with Crippen molar-refractivity contribution in [3.8, 4) is 11.5 Å². The van der Waals surface area contributed by atoms with E-state index >= 15 is 0 Å². The Morgan fingerprint density at radius 1 is 1.06 bits per heavy atom. The van der Waals surface area contributed by atoms with Crippen molar-refractivity contribution in [1.29, 1.82) is 0 Å². The number of aryl methyl sites for hydroxylation is 1. The molecule has 0 spiro atoms. The van der Waals surface area contributed by atoms with Crippen LogP contribution in [0.2, 0.25) is 0 Å². The van der Waals surface area contributed by atoms with E-state index in [2.05, 4.69) is 11.2 Å². The summed E-state index contributed by atoms with van der Waals surface area (Å²) < 4.78 is 11.7. The highest BCUT2D eigenvalue weighted by Crippen LogP contribution is 2.39. The van der Waals surface area contributed by atoms with Gasteiger partial charge < -0.3 is 14.4 Å². The molecule has 5 rings (SSSR count). The van der Waals surface area contributed by atoms with Crippen molar-refractivity contribution in [2.45, 2.75) is 45.6 Å². The fraction of sp³-hybridized carbons (Fsp3) is 0.400. The molecule has 2 aromatic rings. The second-order valence-electron chi connectivity index (χ2n) is 8.56. The monoisotopic (exact) mass is 433 g/mol. The van der Waals surface area contributed by atoms with Crippen LogP contribution < -0.4 is 14.5 Å². The second-order valence-corrected chi connectivity index (χ2v) is 8.56. The lowest BCUT2D eigenvalue weighted by Crippen LogP contribution is -2.45. The number of nitrogens with zero attached hydrogens (tertiary/aromatic N) is 3. The van der Waals surface area contributed by atoms with Gasteiger partial charge in [0.1, 0.15) is 5.71 Å². The first-order chi connectivity index (χ1) is 15.5. The SMILES string of the molecule is Cc1cccc(N2N=C(C(=O)N3CCc4cc5c(cc4[C@H]3C)OCCCO5)CCC2=O)c1. The summed E-state index contributed by atoms with van der Waals surface area (Å²) >= 11 is 0. The van der Waals surface area contributed by atoms with Gasteiger partial charge in [-0.2, -0.15) is 5.10 Å². The lowest BCUT2D eigenvalue weighted by Gasteiger charge is -2.36. The Balaban J connectivity index is 1.42. The summed E-state index contributed by atoms with van der Waals surface area (Å²) in [4.78, 5) is 27.8. The standard InChI is InChI=1S/C25H27N3O4/c1-16-5-3-6-19(13-16)28-24(29)8-7-21(26-28)25(30)27-10-9-18-14-22-23(15-20(18)17(27)2)32-12-4-11-31-22/h3,5-6,13-15,17H,4,7-12H2,1-2H3/t17-/m1/s1. The zero-order chi connectivity index (χ0) is 22.2. The van der Waals surface area contributed by atoms with E-state index in [1.165, 1.54) is 10.6 Å². The fourth-order valence-electron chi connectivity index (χ4n) is 4.59. The quantitative estimate of drug-likeness (QED) is 0.723. The van der Waals surface area contributed by atoms with Gasteiger partial charge in [0.05, 0.1) is 24.9 Å². The number of hydrazone groups is 1. The Hall–Kier alpha value is -3.35. The van der Waals surface area contributed by atoms with Crippen molar-refractivity contribution >= 4 is 23.2 Å². The van der Waals surface area contributed by atoms with Gasteiger partial charge in [-0.15, -0.1) is 0 Å². The summed E-state index contributed by atoms with van der Waals surface area (Å²) in [5.74, 6) is 1.33. The molecule has 7 heteroatoms. The number of hydrogen-bond donors (Lipinski definition) is 0. The average Bonchev–Trinajstić information content (AvgIpc) is 3.03. The number of anilines is 1. The van der Waals surface area contributed by atoms with E-state index in [1.807, 2.05) is 49.1 Å². The number of carbonyl (C=O) groups is 2. The van der Waals surface area contributed by atoms with Gasteiger partial charge in [0.2, 0.25) is 5.91 Å². The number of ether oxygens (including phenoxy) is 2. The molecule has 166 valence electrons. The third kappa shape index (κ3) is 3.72. The van der Waals surface area contributed by atoms with E-state index in [-0.39, 0.29) is 24.3 Å². The predicted molar refractivity (Wildman–Crippen MR) is 121 cm³/mol. The zero-order valence-corrected chi connectivity index (χ0v) is 18.5. The van der Waals surface area contributed by atoms with Gasteiger partial charge in [-0.05, 0) is 61.2 Å². The molecule has 0 saturated heterocycles. The third-order valence-electron chi connectivity index (χ3n) is 6.34. The molecule has 1 atom stereocenters. The van der Waals surface area contributed by atoms with E-state index in [1.54, 1.807) is 0 Å². The van der Waals surface area contributed by atoms with Crippen molar-refractivity contribution in [3.05, 3.63) is 53.1 Å². The molecule has 2 aromatic carbocycles. The van der Waals surface area contributed by atoms with E-state index in [4.69, 9.17) is 9.47 Å². The lowest BCUT2D eigenvalue weighted by atomic mass is 9.92. The summed E-state index contributed by atoms with van der Waals surface area (Å²) in [6.45, 7) is 5.89. The predicted octanol–water partition coefficient (Wildman–Crippen LogP) is 3.79. The van der Waals surface area contributed by atoms with Crippen LogP contribution in [-0.2, 0) is 16.0 Å². The van der Waals surface area contributed by atoms with Crippen LogP contribution in [0.1, 0.15) is 48.9 Å². The van der Waals surface area contributed by atoms with Gasteiger partial charge in [0.15, 0.2) is 11.5 Å². The minimum atomic E-state index is -0.115. The van der Waals surface area contributed by atoms with Crippen molar-refractivity contribution in [1.82, 2.24) is 4.90 Å². The number of amides is 2. The van der Waals surface area contributed by atoms with Crippen molar-refractivity contribution in [3.63, 3.8) is 0 Å². The molecule has 0 unspecified atom stereocenters. The smallest absolute Gasteiger partial charge is 0.270 e. The second kappa shape index (κ2) is 8.30. The minimum absolute atomic E-state index is 0.0935. The van der Waals surface area contributed by atoms with Gasteiger partial charge in [0.25, 0.3) is 5.91 Å².